The molecule has 0 aromatic heterocycles. The standard InChI is InChI=1S/C22H20ClN2O3P/c1-15-11-16(2)22(17(3)12-15)29(28,20-7-5-4-6-8-20)24-14-18-13-19(25(26)27)9-10-21(18)23/h4-14H,1-3H3/t29-/m1/s1. The Kier molecular flexibility index (Phi) is 6.02. The quantitative estimate of drug-likeness (QED) is 0.233. The van der Waals surface area contributed by atoms with E-state index in [1.165, 1.54) is 24.4 Å². The van der Waals surface area contributed by atoms with Crippen LogP contribution in [0.5, 0.6) is 0 Å². The molecule has 0 aliphatic rings. The Hall–Kier alpha value is -2.75. The van der Waals surface area contributed by atoms with Gasteiger partial charge in [-0.15, -0.1) is 0 Å². The van der Waals surface area contributed by atoms with E-state index in [9.17, 15) is 14.7 Å². The highest BCUT2D eigenvalue weighted by Crippen LogP contribution is 2.47. The fourth-order valence-corrected chi connectivity index (χ4v) is 6.04. The lowest BCUT2D eigenvalue weighted by Crippen LogP contribution is -2.20. The van der Waals surface area contributed by atoms with E-state index in [0.717, 1.165) is 16.7 Å². The molecule has 0 fully saturated rings. The first-order chi connectivity index (χ1) is 13.7. The number of aryl methyl sites for hydroxylation is 3. The molecule has 0 aliphatic heterocycles. The summed E-state index contributed by atoms with van der Waals surface area (Å²) in [6, 6.07) is 17.1. The fraction of sp³-hybridized carbons (Fsp3) is 0.136. The van der Waals surface area contributed by atoms with Crippen molar-refractivity contribution in [3.05, 3.63) is 98.1 Å². The molecule has 3 aromatic rings. The molecule has 0 saturated carbocycles. The van der Waals surface area contributed by atoms with E-state index in [2.05, 4.69) is 4.76 Å². The number of nitro benzene ring substituents is 1. The molecule has 1 atom stereocenters. The molecule has 0 N–H and O–H groups in total. The molecule has 0 saturated heterocycles. The topological polar surface area (TPSA) is 72.6 Å². The van der Waals surface area contributed by atoms with E-state index in [1.807, 2.05) is 51.1 Å². The third kappa shape index (κ3) is 4.31. The first-order valence-corrected chi connectivity index (χ1v) is 11.0. The number of nitro groups is 1. The monoisotopic (exact) mass is 426 g/mol. The van der Waals surface area contributed by atoms with Gasteiger partial charge in [0.2, 0.25) is 7.29 Å². The van der Waals surface area contributed by atoms with E-state index >= 15 is 0 Å². The third-order valence-corrected chi connectivity index (χ3v) is 7.69. The van der Waals surface area contributed by atoms with Gasteiger partial charge in [0.1, 0.15) is 0 Å². The van der Waals surface area contributed by atoms with Gasteiger partial charge in [-0.1, -0.05) is 47.5 Å². The minimum Gasteiger partial charge on any atom is -0.288 e. The molecule has 0 unspecified atom stereocenters. The number of rotatable bonds is 5. The lowest BCUT2D eigenvalue weighted by atomic mass is 10.1. The minimum absolute atomic E-state index is 0.104. The van der Waals surface area contributed by atoms with E-state index < -0.39 is 12.2 Å². The SMILES string of the molecule is Cc1cc(C)c([P@@](=O)(N=Cc2cc([N+](=O)[O-])ccc2Cl)c2ccccc2)c(C)c1. The lowest BCUT2D eigenvalue weighted by molar-refractivity contribution is -0.384. The number of benzene rings is 3. The van der Waals surface area contributed by atoms with Gasteiger partial charge in [-0.3, -0.25) is 14.7 Å². The lowest BCUT2D eigenvalue weighted by Gasteiger charge is -2.20. The predicted octanol–water partition coefficient (Wildman–Crippen LogP) is 5.52. The third-order valence-electron chi connectivity index (χ3n) is 4.59. The van der Waals surface area contributed by atoms with E-state index in [4.69, 9.17) is 11.6 Å². The summed E-state index contributed by atoms with van der Waals surface area (Å²) in [6.07, 6.45) is 1.38. The van der Waals surface area contributed by atoms with Gasteiger partial charge in [0.05, 0.1) is 4.92 Å². The van der Waals surface area contributed by atoms with Crippen LogP contribution >= 0.6 is 18.9 Å². The maximum Gasteiger partial charge on any atom is 0.270 e. The van der Waals surface area contributed by atoms with Crippen molar-refractivity contribution in [1.82, 2.24) is 0 Å². The minimum atomic E-state index is -3.40. The van der Waals surface area contributed by atoms with Gasteiger partial charge in [-0.2, -0.15) is 0 Å². The molecule has 3 aromatic carbocycles. The molecule has 0 heterocycles. The Morgan fingerprint density at radius 2 is 1.62 bits per heavy atom. The highest BCUT2D eigenvalue weighted by molar-refractivity contribution is 7.77. The maximum atomic E-state index is 14.3. The van der Waals surface area contributed by atoms with Crippen LogP contribution in [0.4, 0.5) is 5.69 Å². The summed E-state index contributed by atoms with van der Waals surface area (Å²) < 4.78 is 18.8. The van der Waals surface area contributed by atoms with Gasteiger partial charge >= 0.3 is 0 Å². The number of halogens is 1. The summed E-state index contributed by atoms with van der Waals surface area (Å²) in [5.74, 6) is 0. The zero-order valence-electron chi connectivity index (χ0n) is 16.3. The van der Waals surface area contributed by atoms with Gasteiger partial charge < -0.3 is 0 Å². The maximum absolute atomic E-state index is 14.3. The second-order valence-electron chi connectivity index (χ2n) is 6.87. The largest absolute Gasteiger partial charge is 0.288 e. The average molecular weight is 427 g/mol. The highest BCUT2D eigenvalue weighted by Gasteiger charge is 2.30. The van der Waals surface area contributed by atoms with Crippen molar-refractivity contribution >= 4 is 41.4 Å². The zero-order chi connectivity index (χ0) is 21.2. The number of hydrogen-bond donors (Lipinski definition) is 0. The van der Waals surface area contributed by atoms with Crippen molar-refractivity contribution in [3.8, 4) is 0 Å². The Morgan fingerprint density at radius 1 is 1.00 bits per heavy atom. The fourth-order valence-electron chi connectivity index (χ4n) is 3.42. The predicted molar refractivity (Wildman–Crippen MR) is 120 cm³/mol. The summed E-state index contributed by atoms with van der Waals surface area (Å²) in [5.41, 5.74) is 3.09. The molecule has 7 heteroatoms. The van der Waals surface area contributed by atoms with Crippen LogP contribution in [0.25, 0.3) is 0 Å². The Bertz CT molecular complexity index is 1140. The van der Waals surface area contributed by atoms with Gasteiger partial charge in [-0.25, -0.2) is 4.76 Å². The molecule has 0 radical (unpaired) electrons. The zero-order valence-corrected chi connectivity index (χ0v) is 17.9. The Morgan fingerprint density at radius 3 is 2.21 bits per heavy atom. The smallest absolute Gasteiger partial charge is 0.270 e. The van der Waals surface area contributed by atoms with Crippen molar-refractivity contribution in [3.63, 3.8) is 0 Å². The first-order valence-electron chi connectivity index (χ1n) is 8.96. The Balaban J connectivity index is 2.22. The summed E-state index contributed by atoms with van der Waals surface area (Å²) in [5, 5.41) is 12.7. The van der Waals surface area contributed by atoms with Crippen LogP contribution in [-0.2, 0) is 4.57 Å². The second kappa shape index (κ2) is 8.32. The molecule has 3 rings (SSSR count). The van der Waals surface area contributed by atoms with Gasteiger partial charge in [0.25, 0.3) is 5.69 Å². The van der Waals surface area contributed by atoms with E-state index in [0.29, 0.717) is 21.2 Å². The van der Waals surface area contributed by atoms with Crippen molar-refractivity contribution in [1.29, 1.82) is 0 Å². The molecule has 0 bridgehead atoms. The van der Waals surface area contributed by atoms with Crippen LogP contribution in [0.2, 0.25) is 5.02 Å². The Labute approximate surface area is 174 Å². The van der Waals surface area contributed by atoms with Crippen molar-refractivity contribution in [2.75, 3.05) is 0 Å². The molecule has 5 nitrogen and oxygen atoms in total. The average Bonchev–Trinajstić information content (AvgIpc) is 2.67. The summed E-state index contributed by atoms with van der Waals surface area (Å²) in [6.45, 7) is 5.82. The molecule has 0 amide bonds. The van der Waals surface area contributed by atoms with Crippen molar-refractivity contribution in [2.24, 2.45) is 4.76 Å². The van der Waals surface area contributed by atoms with Gasteiger partial charge in [0, 0.05) is 39.5 Å². The summed E-state index contributed by atoms with van der Waals surface area (Å²) >= 11 is 6.20. The first kappa shape index (κ1) is 21.0. The molecular formula is C22H20ClN2O3P. The number of hydrogen-bond acceptors (Lipinski definition) is 3. The van der Waals surface area contributed by atoms with Crippen LogP contribution in [-0.4, -0.2) is 11.1 Å². The van der Waals surface area contributed by atoms with Crippen molar-refractivity contribution < 1.29 is 9.49 Å². The number of non-ortho nitro benzene ring substituents is 1. The van der Waals surface area contributed by atoms with E-state index in [-0.39, 0.29) is 5.69 Å². The van der Waals surface area contributed by atoms with Crippen LogP contribution < -0.4 is 10.6 Å². The van der Waals surface area contributed by atoms with Crippen LogP contribution in [0.1, 0.15) is 22.3 Å². The van der Waals surface area contributed by atoms with Crippen molar-refractivity contribution in [2.45, 2.75) is 20.8 Å². The van der Waals surface area contributed by atoms with Crippen LogP contribution in [0.3, 0.4) is 0 Å². The summed E-state index contributed by atoms with van der Waals surface area (Å²) in [4.78, 5) is 10.6. The molecule has 29 heavy (non-hydrogen) atoms. The van der Waals surface area contributed by atoms with Crippen LogP contribution in [0, 0.1) is 30.9 Å². The summed E-state index contributed by atoms with van der Waals surface area (Å²) in [7, 11) is -3.40. The number of nitrogens with zero attached hydrogens (tertiary/aromatic N) is 2. The second-order valence-corrected chi connectivity index (χ2v) is 9.62. The van der Waals surface area contributed by atoms with Gasteiger partial charge in [-0.05, 0) is 50.1 Å². The highest BCUT2D eigenvalue weighted by atomic mass is 35.5. The molecule has 148 valence electrons. The van der Waals surface area contributed by atoms with Gasteiger partial charge in [0.15, 0.2) is 0 Å². The normalized spacial score (nSPS) is 13.4. The molecule has 0 spiro atoms. The molecule has 0 aliphatic carbocycles. The van der Waals surface area contributed by atoms with Crippen LogP contribution in [0.15, 0.2) is 65.4 Å². The molecular weight excluding hydrogens is 407 g/mol. The van der Waals surface area contributed by atoms with E-state index in [1.54, 1.807) is 12.1 Å².